The van der Waals surface area contributed by atoms with Crippen LogP contribution in [-0.2, 0) is 0 Å². The van der Waals surface area contributed by atoms with Gasteiger partial charge in [-0.25, -0.2) is 0 Å². The Balaban J connectivity index is 1.61. The first kappa shape index (κ1) is 19.6. The van der Waals surface area contributed by atoms with E-state index in [9.17, 15) is 9.59 Å². The van der Waals surface area contributed by atoms with Crippen molar-refractivity contribution in [2.45, 2.75) is 31.7 Å². The molecule has 0 radical (unpaired) electrons. The van der Waals surface area contributed by atoms with E-state index in [4.69, 9.17) is 21.1 Å². The zero-order chi connectivity index (χ0) is 20.4. The molecule has 2 aromatic rings. The summed E-state index contributed by atoms with van der Waals surface area (Å²) in [5, 5.41) is 3.27. The van der Waals surface area contributed by atoms with Crippen LogP contribution in [0.25, 0.3) is 0 Å². The Labute approximate surface area is 174 Å². The molecule has 152 valence electrons. The summed E-state index contributed by atoms with van der Waals surface area (Å²) in [4.78, 5) is 27.9. The van der Waals surface area contributed by atoms with Crippen LogP contribution in [0.5, 0.6) is 11.5 Å². The van der Waals surface area contributed by atoms with Crippen LogP contribution in [0.15, 0.2) is 36.4 Å². The predicted molar refractivity (Wildman–Crippen MR) is 111 cm³/mol. The highest BCUT2D eigenvalue weighted by atomic mass is 35.5. The average Bonchev–Trinajstić information content (AvgIpc) is 2.73. The Morgan fingerprint density at radius 1 is 1.21 bits per heavy atom. The van der Waals surface area contributed by atoms with E-state index in [0.717, 1.165) is 32.2 Å². The molecule has 0 spiro atoms. The van der Waals surface area contributed by atoms with Gasteiger partial charge in [0.15, 0.2) is 0 Å². The Morgan fingerprint density at radius 2 is 2.07 bits per heavy atom. The van der Waals surface area contributed by atoms with Crippen LogP contribution in [0.4, 0.5) is 5.69 Å². The van der Waals surface area contributed by atoms with Gasteiger partial charge in [-0.15, -0.1) is 0 Å². The number of carbonyl (C=O) groups excluding carboxylic acids is 2. The van der Waals surface area contributed by atoms with Gasteiger partial charge in [0.25, 0.3) is 11.8 Å². The molecule has 1 fully saturated rings. The van der Waals surface area contributed by atoms with Crippen LogP contribution in [-0.4, -0.2) is 43.0 Å². The molecular formula is C22H23ClN2O4. The van der Waals surface area contributed by atoms with Gasteiger partial charge in [0.1, 0.15) is 11.5 Å². The fourth-order valence-electron chi connectivity index (χ4n) is 3.98. The van der Waals surface area contributed by atoms with Gasteiger partial charge in [-0.05, 0) is 55.7 Å². The molecule has 6 nitrogen and oxygen atoms in total. The second kappa shape index (κ2) is 8.33. The number of nitrogens with one attached hydrogen (secondary N) is 1. The number of fused-ring (bicyclic) bond motifs is 2. The number of carbonyl (C=O) groups is 2. The summed E-state index contributed by atoms with van der Waals surface area (Å²) in [5.41, 5.74) is 1.32. The molecule has 1 unspecified atom stereocenters. The molecule has 29 heavy (non-hydrogen) atoms. The van der Waals surface area contributed by atoms with Crippen molar-refractivity contribution in [1.29, 1.82) is 0 Å². The molecule has 1 N–H and O–H groups in total. The zero-order valence-corrected chi connectivity index (χ0v) is 17.0. The van der Waals surface area contributed by atoms with Gasteiger partial charge in [-0.3, -0.25) is 9.59 Å². The number of anilines is 1. The van der Waals surface area contributed by atoms with E-state index in [2.05, 4.69) is 5.32 Å². The SMILES string of the molecule is COc1ccc(Cl)cc1C(=O)Nc1ccc2c(c1)C(=O)N1CCCCC1CCO2. The fourth-order valence-corrected chi connectivity index (χ4v) is 4.16. The molecule has 7 heteroatoms. The number of ether oxygens (including phenoxy) is 2. The number of halogens is 1. The summed E-state index contributed by atoms with van der Waals surface area (Å²) in [7, 11) is 1.50. The second-order valence-corrected chi connectivity index (χ2v) is 7.73. The lowest BCUT2D eigenvalue weighted by molar-refractivity contribution is 0.0548. The molecule has 2 aliphatic heterocycles. The number of hydrogen-bond donors (Lipinski definition) is 1. The molecule has 2 heterocycles. The lowest BCUT2D eigenvalue weighted by atomic mass is 9.97. The number of methoxy groups -OCH3 is 1. The number of benzene rings is 2. The van der Waals surface area contributed by atoms with E-state index in [0.29, 0.717) is 39.9 Å². The van der Waals surface area contributed by atoms with E-state index in [1.165, 1.54) is 7.11 Å². The molecule has 0 bridgehead atoms. The van der Waals surface area contributed by atoms with Crippen LogP contribution in [0.2, 0.25) is 5.02 Å². The van der Waals surface area contributed by atoms with E-state index in [1.807, 2.05) is 4.90 Å². The molecule has 1 saturated heterocycles. The van der Waals surface area contributed by atoms with E-state index in [1.54, 1.807) is 36.4 Å². The number of hydrogen-bond acceptors (Lipinski definition) is 4. The quantitative estimate of drug-likeness (QED) is 0.809. The molecule has 2 aromatic carbocycles. The highest BCUT2D eigenvalue weighted by Crippen LogP contribution is 2.31. The molecule has 2 amide bonds. The highest BCUT2D eigenvalue weighted by Gasteiger charge is 2.31. The van der Waals surface area contributed by atoms with Crippen molar-refractivity contribution in [3.63, 3.8) is 0 Å². The van der Waals surface area contributed by atoms with Crippen molar-refractivity contribution >= 4 is 29.1 Å². The number of rotatable bonds is 3. The van der Waals surface area contributed by atoms with Crippen molar-refractivity contribution in [3.8, 4) is 11.5 Å². The molecule has 0 aromatic heterocycles. The van der Waals surface area contributed by atoms with Crippen LogP contribution in [0, 0.1) is 0 Å². The van der Waals surface area contributed by atoms with Gasteiger partial charge in [-0.1, -0.05) is 11.6 Å². The first-order chi connectivity index (χ1) is 14.1. The van der Waals surface area contributed by atoms with Gasteiger partial charge < -0.3 is 19.7 Å². The monoisotopic (exact) mass is 414 g/mol. The maximum Gasteiger partial charge on any atom is 0.259 e. The Kier molecular flexibility index (Phi) is 5.62. The van der Waals surface area contributed by atoms with Crippen molar-refractivity contribution in [1.82, 2.24) is 4.90 Å². The van der Waals surface area contributed by atoms with Crippen molar-refractivity contribution in [3.05, 3.63) is 52.5 Å². The molecule has 1 atom stereocenters. The summed E-state index contributed by atoms with van der Waals surface area (Å²) >= 11 is 6.03. The van der Waals surface area contributed by atoms with Crippen molar-refractivity contribution in [2.75, 3.05) is 25.6 Å². The number of nitrogens with zero attached hydrogens (tertiary/aromatic N) is 1. The number of piperidine rings is 1. The van der Waals surface area contributed by atoms with E-state index >= 15 is 0 Å². The van der Waals surface area contributed by atoms with Gasteiger partial charge in [0.05, 0.1) is 24.8 Å². The molecule has 0 saturated carbocycles. The Hall–Kier alpha value is -2.73. The molecule has 0 aliphatic carbocycles. The standard InChI is InChI=1S/C22H23ClN2O4/c1-28-19-7-5-14(23)12-17(19)21(26)24-15-6-8-20-18(13-15)22(27)25-10-3-2-4-16(25)9-11-29-20/h5-8,12-13,16H,2-4,9-11H2,1H3,(H,24,26). The second-order valence-electron chi connectivity index (χ2n) is 7.29. The molecule has 4 rings (SSSR count). The van der Waals surface area contributed by atoms with Gasteiger partial charge in [-0.2, -0.15) is 0 Å². The minimum Gasteiger partial charge on any atom is -0.496 e. The van der Waals surface area contributed by atoms with Crippen molar-refractivity contribution < 1.29 is 19.1 Å². The Morgan fingerprint density at radius 3 is 2.90 bits per heavy atom. The van der Waals surface area contributed by atoms with Crippen molar-refractivity contribution in [2.24, 2.45) is 0 Å². The predicted octanol–water partition coefficient (Wildman–Crippen LogP) is 4.38. The van der Waals surface area contributed by atoms with E-state index in [-0.39, 0.29) is 17.9 Å². The maximum atomic E-state index is 13.2. The van der Waals surface area contributed by atoms with E-state index < -0.39 is 0 Å². The third kappa shape index (κ3) is 4.03. The zero-order valence-electron chi connectivity index (χ0n) is 16.2. The lowest BCUT2D eigenvalue weighted by Gasteiger charge is -2.37. The summed E-state index contributed by atoms with van der Waals surface area (Å²) < 4.78 is 11.1. The normalized spacial score (nSPS) is 18.6. The fraction of sp³-hybridized carbons (Fsp3) is 0.364. The third-order valence-corrected chi connectivity index (χ3v) is 5.71. The first-order valence-electron chi connectivity index (χ1n) is 9.79. The van der Waals surface area contributed by atoms with Crippen LogP contribution in [0.3, 0.4) is 0 Å². The number of amides is 2. The highest BCUT2D eigenvalue weighted by molar-refractivity contribution is 6.31. The largest absolute Gasteiger partial charge is 0.496 e. The summed E-state index contributed by atoms with van der Waals surface area (Å²) in [6, 6.07) is 10.2. The minimum atomic E-state index is -0.362. The summed E-state index contributed by atoms with van der Waals surface area (Å²) in [6.07, 6.45) is 4.01. The third-order valence-electron chi connectivity index (χ3n) is 5.47. The van der Waals surface area contributed by atoms with Gasteiger partial charge >= 0.3 is 0 Å². The molecule has 2 aliphatic rings. The van der Waals surface area contributed by atoms with Gasteiger partial charge in [0.2, 0.25) is 0 Å². The average molecular weight is 415 g/mol. The topological polar surface area (TPSA) is 67.9 Å². The summed E-state index contributed by atoms with van der Waals surface area (Å²) in [5.74, 6) is 0.575. The van der Waals surface area contributed by atoms with Gasteiger partial charge in [0, 0.05) is 29.7 Å². The summed E-state index contributed by atoms with van der Waals surface area (Å²) in [6.45, 7) is 1.34. The lowest BCUT2D eigenvalue weighted by Crippen LogP contribution is -2.45. The molecular weight excluding hydrogens is 392 g/mol. The van der Waals surface area contributed by atoms with Crippen LogP contribution in [0.1, 0.15) is 46.4 Å². The Bertz CT molecular complexity index is 946. The minimum absolute atomic E-state index is 0.0409. The first-order valence-corrected chi connectivity index (χ1v) is 10.2. The maximum absolute atomic E-state index is 13.2. The smallest absolute Gasteiger partial charge is 0.259 e. The van der Waals surface area contributed by atoms with Crippen LogP contribution >= 0.6 is 11.6 Å². The van der Waals surface area contributed by atoms with Crippen LogP contribution < -0.4 is 14.8 Å².